The van der Waals surface area contributed by atoms with Gasteiger partial charge in [0.05, 0.1) is 50.7 Å². The van der Waals surface area contributed by atoms with E-state index in [4.69, 9.17) is 28.4 Å². The second-order valence-electron chi connectivity index (χ2n) is 32.1. The van der Waals surface area contributed by atoms with E-state index in [0.717, 1.165) is 51.9 Å². The minimum absolute atomic E-state index is 0.203. The first-order valence-electron chi connectivity index (χ1n) is 44.2. The molecule has 3 fully saturated rings. The van der Waals surface area contributed by atoms with Crippen molar-refractivity contribution in [3.63, 3.8) is 0 Å². The zero-order valence-electron chi connectivity index (χ0n) is 68.2. The van der Waals surface area contributed by atoms with Crippen LogP contribution in [0.15, 0.2) is 24.3 Å². The van der Waals surface area contributed by atoms with E-state index < -0.39 is 155 Å². The molecule has 0 radical (unpaired) electrons. The van der Waals surface area contributed by atoms with Gasteiger partial charge < -0.3 is 100 Å². The van der Waals surface area contributed by atoms with Crippen LogP contribution in [0.25, 0.3) is 0 Å². The second-order valence-corrected chi connectivity index (χ2v) is 32.1. The number of amides is 2. The molecule has 0 aliphatic carbocycles. The quantitative estimate of drug-likeness (QED) is 0.0199. The highest BCUT2D eigenvalue weighted by Crippen LogP contribution is 2.39. The Balaban J connectivity index is 1.40. The van der Waals surface area contributed by atoms with Crippen LogP contribution < -0.4 is 10.6 Å². The zero-order valence-corrected chi connectivity index (χ0v) is 68.2. The van der Waals surface area contributed by atoms with E-state index in [9.17, 15) is 75.7 Å². The van der Waals surface area contributed by atoms with Crippen molar-refractivity contribution in [1.82, 2.24) is 10.6 Å². The van der Waals surface area contributed by atoms with E-state index in [-0.39, 0.29) is 12.3 Å². The van der Waals surface area contributed by atoms with Crippen molar-refractivity contribution in [2.24, 2.45) is 0 Å². The SMILES string of the molecule is CCCCCCCCCCCCCCCC/C=C/C(O)C(COC1OC(CO)C(OC2OC(CO)C(O)C(OC3(C(=O)O)CC(O)C(NC(C)=O)C(C(O)C(O)CO)O3)C2O)C(O)C1O)NC(=O)CCCCCCCCCCCCCCCCCCC/C=C\CCCCCCCCCCCCCCCCCCCC. The Bertz CT molecular complexity index is 2250. The van der Waals surface area contributed by atoms with Crippen LogP contribution >= 0.6 is 0 Å². The molecule has 0 aromatic heterocycles. The standard InChI is InChI=1S/C86H160N2O21/c1-4-6-8-10-12-14-16-18-20-22-23-24-25-26-27-28-29-30-31-32-33-34-35-36-37-38-39-40-41-42-43-44-46-48-50-52-54-56-58-60-73(96)88-67(68(93)59-57-55-53-51-49-47-45-21-19-17-15-13-11-9-7-5-2)65-104-83-78(100)77(99)80(72(64-91)106-83)107-84-79(101)82(76(98)71(63-90)105-84)109-86(85(102)103)61-69(94)74(87-66(3)92)81(108-86)75(97)70(95)62-89/h32-33,57,59,67-72,74-84,89-91,93-95,97-101H,4-31,34-56,58,60-65H2,1-3H3,(H,87,92)(H,88,96)(H,102,103)/b33-32-,59-57+. The summed E-state index contributed by atoms with van der Waals surface area (Å²) in [6.07, 6.45) is 45.4. The molecule has 3 saturated heterocycles. The van der Waals surface area contributed by atoms with Crippen LogP contribution in [0.1, 0.15) is 367 Å². The maximum absolute atomic E-state index is 13.6. The molecule has 640 valence electrons. The van der Waals surface area contributed by atoms with Crippen LogP contribution in [0.4, 0.5) is 0 Å². The molecule has 18 unspecified atom stereocenters. The van der Waals surface area contributed by atoms with Gasteiger partial charge in [-0.3, -0.25) is 9.59 Å². The maximum atomic E-state index is 13.6. The molecule has 0 spiro atoms. The van der Waals surface area contributed by atoms with Gasteiger partial charge in [-0.25, -0.2) is 4.79 Å². The molecule has 23 heteroatoms. The summed E-state index contributed by atoms with van der Waals surface area (Å²) < 4.78 is 34.9. The number of hydrogen-bond donors (Lipinski definition) is 14. The smallest absolute Gasteiger partial charge is 0.364 e. The molecule has 23 nitrogen and oxygen atoms in total. The number of ether oxygens (including phenoxy) is 6. The van der Waals surface area contributed by atoms with Gasteiger partial charge in [0.15, 0.2) is 12.6 Å². The lowest BCUT2D eigenvalue weighted by Gasteiger charge is -2.50. The number of carboxylic acid groups (broad SMARTS) is 1. The number of unbranched alkanes of at least 4 members (excludes halogenated alkanes) is 49. The third-order valence-electron chi connectivity index (χ3n) is 22.4. The monoisotopic (exact) mass is 1560 g/mol. The molecule has 2 amide bonds. The summed E-state index contributed by atoms with van der Waals surface area (Å²) in [4.78, 5) is 38.7. The Morgan fingerprint density at radius 2 is 0.862 bits per heavy atom. The van der Waals surface area contributed by atoms with Crippen LogP contribution in [0.3, 0.4) is 0 Å². The summed E-state index contributed by atoms with van der Waals surface area (Å²) in [5.74, 6) is -6.13. The number of hydrogen-bond acceptors (Lipinski definition) is 20. The molecular formula is C86H160N2O21. The van der Waals surface area contributed by atoms with Crippen LogP contribution in [-0.2, 0) is 42.8 Å². The summed E-state index contributed by atoms with van der Waals surface area (Å²) >= 11 is 0. The van der Waals surface area contributed by atoms with Gasteiger partial charge in [-0.05, 0) is 44.9 Å². The first-order valence-corrected chi connectivity index (χ1v) is 44.2. The van der Waals surface area contributed by atoms with Gasteiger partial charge >= 0.3 is 5.97 Å². The van der Waals surface area contributed by atoms with Crippen molar-refractivity contribution in [3.05, 3.63) is 24.3 Å². The summed E-state index contributed by atoms with van der Waals surface area (Å²) in [7, 11) is 0. The van der Waals surface area contributed by atoms with Gasteiger partial charge in [-0.15, -0.1) is 0 Å². The Morgan fingerprint density at radius 3 is 1.25 bits per heavy atom. The summed E-state index contributed by atoms with van der Waals surface area (Å²) in [6.45, 7) is 2.19. The highest BCUT2D eigenvalue weighted by atomic mass is 16.8. The van der Waals surface area contributed by atoms with Gasteiger partial charge in [0.25, 0.3) is 5.79 Å². The largest absolute Gasteiger partial charge is 0.477 e. The number of aliphatic hydroxyl groups excluding tert-OH is 11. The van der Waals surface area contributed by atoms with Crippen molar-refractivity contribution in [2.75, 3.05) is 26.4 Å². The fraction of sp³-hybridized carbons (Fsp3) is 0.919. The molecular weight excluding hydrogens is 1400 g/mol. The molecule has 3 aliphatic heterocycles. The third kappa shape index (κ3) is 43.7. The van der Waals surface area contributed by atoms with Crippen molar-refractivity contribution < 1.29 is 104 Å². The molecule has 0 aromatic carbocycles. The highest BCUT2D eigenvalue weighted by molar-refractivity contribution is 5.77. The average Bonchev–Trinajstić information content (AvgIpc) is 0.754. The molecule has 3 aliphatic rings. The van der Waals surface area contributed by atoms with Crippen molar-refractivity contribution >= 4 is 17.8 Å². The molecule has 3 rings (SSSR count). The van der Waals surface area contributed by atoms with Gasteiger partial charge in [0.1, 0.15) is 67.1 Å². The first-order chi connectivity index (χ1) is 52.9. The molecule has 0 aromatic rings. The predicted octanol–water partition coefficient (Wildman–Crippen LogP) is 13.5. The molecule has 18 atom stereocenters. The van der Waals surface area contributed by atoms with E-state index in [1.54, 1.807) is 6.08 Å². The van der Waals surface area contributed by atoms with Crippen LogP contribution in [0.2, 0.25) is 0 Å². The fourth-order valence-electron chi connectivity index (χ4n) is 15.4. The Hall–Kier alpha value is -2.79. The molecule has 109 heavy (non-hydrogen) atoms. The lowest BCUT2D eigenvalue weighted by Crippen LogP contribution is -2.70. The number of carbonyl (C=O) groups is 3. The average molecular weight is 1560 g/mol. The lowest BCUT2D eigenvalue weighted by atomic mass is 9.88. The van der Waals surface area contributed by atoms with Crippen LogP contribution in [0, 0.1) is 0 Å². The predicted molar refractivity (Wildman–Crippen MR) is 426 cm³/mol. The summed E-state index contributed by atoms with van der Waals surface area (Å²) in [5, 5.41) is 136. The van der Waals surface area contributed by atoms with Crippen LogP contribution in [-0.4, -0.2) is 215 Å². The van der Waals surface area contributed by atoms with Gasteiger partial charge in [0.2, 0.25) is 11.8 Å². The molecule has 0 saturated carbocycles. The minimum atomic E-state index is -3.08. The zero-order chi connectivity index (χ0) is 79.5. The van der Waals surface area contributed by atoms with E-state index >= 15 is 0 Å². The number of allylic oxidation sites excluding steroid dienone is 3. The van der Waals surface area contributed by atoms with Gasteiger partial charge in [-0.2, -0.15) is 0 Å². The number of aliphatic hydroxyl groups is 11. The summed E-state index contributed by atoms with van der Waals surface area (Å²) in [5.41, 5.74) is 0. The van der Waals surface area contributed by atoms with Crippen molar-refractivity contribution in [3.8, 4) is 0 Å². The first kappa shape index (κ1) is 100. The minimum Gasteiger partial charge on any atom is -0.477 e. The Kier molecular flexibility index (Phi) is 59.3. The maximum Gasteiger partial charge on any atom is 0.364 e. The molecule has 0 bridgehead atoms. The summed E-state index contributed by atoms with van der Waals surface area (Å²) in [6, 6.07) is -2.62. The van der Waals surface area contributed by atoms with Gasteiger partial charge in [-0.1, -0.05) is 327 Å². The van der Waals surface area contributed by atoms with E-state index in [0.29, 0.717) is 12.8 Å². The number of carbonyl (C=O) groups excluding carboxylic acids is 2. The second kappa shape index (κ2) is 64.4. The fourth-order valence-corrected chi connectivity index (χ4v) is 15.4. The van der Waals surface area contributed by atoms with E-state index in [1.807, 2.05) is 6.08 Å². The number of nitrogens with one attached hydrogen (secondary N) is 2. The number of carboxylic acids is 1. The van der Waals surface area contributed by atoms with E-state index in [2.05, 4.69) is 36.6 Å². The van der Waals surface area contributed by atoms with Crippen molar-refractivity contribution in [1.29, 1.82) is 0 Å². The number of rotatable bonds is 71. The van der Waals surface area contributed by atoms with Gasteiger partial charge in [0, 0.05) is 19.8 Å². The normalized spacial score (nSPS) is 25.8. The van der Waals surface area contributed by atoms with E-state index in [1.165, 1.54) is 276 Å². The lowest BCUT2D eigenvalue weighted by molar-refractivity contribution is -0.386. The van der Waals surface area contributed by atoms with Crippen LogP contribution in [0.5, 0.6) is 0 Å². The van der Waals surface area contributed by atoms with Crippen molar-refractivity contribution in [2.45, 2.75) is 477 Å². The third-order valence-corrected chi connectivity index (χ3v) is 22.4. The highest BCUT2D eigenvalue weighted by Gasteiger charge is 2.60. The number of aliphatic carboxylic acids is 1. The molecule has 14 N–H and O–H groups in total. The topological polar surface area (TPSA) is 373 Å². The Morgan fingerprint density at radius 1 is 0.477 bits per heavy atom. The molecule has 3 heterocycles. The Labute approximate surface area is 657 Å².